The zero-order valence-corrected chi connectivity index (χ0v) is 11.8. The Labute approximate surface area is 122 Å². The molecule has 0 spiro atoms. The van der Waals surface area contributed by atoms with E-state index in [1.807, 2.05) is 49.4 Å². The van der Waals surface area contributed by atoms with E-state index in [0.29, 0.717) is 11.4 Å². The van der Waals surface area contributed by atoms with Gasteiger partial charge in [0.05, 0.1) is 24.5 Å². The molecule has 3 aromatic rings. The van der Waals surface area contributed by atoms with Gasteiger partial charge in [0.1, 0.15) is 5.75 Å². The van der Waals surface area contributed by atoms with Crippen molar-refractivity contribution in [1.82, 2.24) is 9.78 Å². The smallest absolute Gasteiger partial charge is 0.347 e. The van der Waals surface area contributed by atoms with Crippen molar-refractivity contribution in [1.29, 1.82) is 0 Å². The van der Waals surface area contributed by atoms with E-state index in [1.54, 1.807) is 13.3 Å². The molecule has 0 aliphatic heterocycles. The van der Waals surface area contributed by atoms with Gasteiger partial charge in [-0.2, -0.15) is 9.78 Å². The van der Waals surface area contributed by atoms with E-state index in [4.69, 9.17) is 4.74 Å². The molecule has 3 rings (SSSR count). The van der Waals surface area contributed by atoms with Crippen LogP contribution in [0.5, 0.6) is 5.75 Å². The Morgan fingerprint density at radius 1 is 1.24 bits per heavy atom. The zero-order chi connectivity index (χ0) is 14.8. The van der Waals surface area contributed by atoms with E-state index in [1.165, 1.54) is 4.68 Å². The summed E-state index contributed by atoms with van der Waals surface area (Å²) in [6, 6.07) is 12.9. The van der Waals surface area contributed by atoms with Gasteiger partial charge in [0, 0.05) is 5.39 Å². The van der Waals surface area contributed by atoms with Crippen LogP contribution in [0.4, 0.5) is 10.5 Å². The molecule has 1 heterocycles. The second-order valence-electron chi connectivity index (χ2n) is 4.75. The van der Waals surface area contributed by atoms with Gasteiger partial charge in [0.25, 0.3) is 0 Å². The average molecular weight is 281 g/mol. The molecule has 1 N–H and O–H groups in total. The maximum Gasteiger partial charge on any atom is 0.347 e. The Kier molecular flexibility index (Phi) is 3.31. The summed E-state index contributed by atoms with van der Waals surface area (Å²) in [5, 5.41) is 7.89. The quantitative estimate of drug-likeness (QED) is 0.783. The van der Waals surface area contributed by atoms with Crippen LogP contribution in [0.2, 0.25) is 0 Å². The van der Waals surface area contributed by atoms with Gasteiger partial charge in [-0.15, -0.1) is 0 Å². The molecule has 0 fully saturated rings. The standard InChI is InChI=1S/C16H15N3O2/c1-11-7-8-15(21-2)13(9-11)18-16(20)19-14-6-4-3-5-12(14)10-17-19/h3-10H,1-2H3,(H,18,20). The summed E-state index contributed by atoms with van der Waals surface area (Å²) in [7, 11) is 1.57. The number of hydrogen-bond acceptors (Lipinski definition) is 3. The van der Waals surface area contributed by atoms with E-state index in [0.717, 1.165) is 16.5 Å². The number of aromatic nitrogens is 2. The molecule has 0 unspecified atom stereocenters. The van der Waals surface area contributed by atoms with Crippen LogP contribution < -0.4 is 10.1 Å². The fourth-order valence-electron chi connectivity index (χ4n) is 2.22. The summed E-state index contributed by atoms with van der Waals surface area (Å²) < 4.78 is 6.61. The van der Waals surface area contributed by atoms with Gasteiger partial charge in [-0.1, -0.05) is 24.3 Å². The average Bonchev–Trinajstić information content (AvgIpc) is 2.91. The highest BCUT2D eigenvalue weighted by molar-refractivity contribution is 5.98. The van der Waals surface area contributed by atoms with Crippen molar-refractivity contribution in [3.05, 3.63) is 54.2 Å². The highest BCUT2D eigenvalue weighted by atomic mass is 16.5. The fourth-order valence-corrected chi connectivity index (χ4v) is 2.22. The third-order valence-corrected chi connectivity index (χ3v) is 3.27. The number of nitrogens with zero attached hydrogens (tertiary/aromatic N) is 2. The molecule has 0 atom stereocenters. The highest BCUT2D eigenvalue weighted by Crippen LogP contribution is 2.25. The number of carbonyl (C=O) groups is 1. The molecule has 0 aliphatic rings. The van der Waals surface area contributed by atoms with Crippen molar-refractivity contribution < 1.29 is 9.53 Å². The third-order valence-electron chi connectivity index (χ3n) is 3.27. The molecule has 0 bridgehead atoms. The minimum Gasteiger partial charge on any atom is -0.495 e. The predicted octanol–water partition coefficient (Wildman–Crippen LogP) is 3.43. The third kappa shape index (κ3) is 2.45. The number of para-hydroxylation sites is 1. The number of ether oxygens (including phenoxy) is 1. The number of hydrogen-bond donors (Lipinski definition) is 1. The van der Waals surface area contributed by atoms with Crippen molar-refractivity contribution >= 4 is 22.6 Å². The maximum absolute atomic E-state index is 12.4. The number of benzene rings is 2. The van der Waals surface area contributed by atoms with E-state index >= 15 is 0 Å². The lowest BCUT2D eigenvalue weighted by atomic mass is 10.2. The fraction of sp³-hybridized carbons (Fsp3) is 0.125. The van der Waals surface area contributed by atoms with Crippen LogP contribution in [0.15, 0.2) is 48.7 Å². The van der Waals surface area contributed by atoms with Crippen LogP contribution in [0, 0.1) is 6.92 Å². The molecular weight excluding hydrogens is 266 g/mol. The van der Waals surface area contributed by atoms with Gasteiger partial charge in [-0.3, -0.25) is 0 Å². The van der Waals surface area contributed by atoms with Gasteiger partial charge < -0.3 is 10.1 Å². The number of anilines is 1. The molecular formula is C16H15N3O2. The lowest BCUT2D eigenvalue weighted by Crippen LogP contribution is -2.20. The van der Waals surface area contributed by atoms with Crippen molar-refractivity contribution in [2.75, 3.05) is 12.4 Å². The first-order valence-electron chi connectivity index (χ1n) is 6.58. The Balaban J connectivity index is 1.95. The first kappa shape index (κ1) is 13.2. The van der Waals surface area contributed by atoms with E-state index in [9.17, 15) is 4.79 Å². The minimum absolute atomic E-state index is 0.319. The van der Waals surface area contributed by atoms with Gasteiger partial charge in [0.2, 0.25) is 0 Å². The number of rotatable bonds is 2. The first-order chi connectivity index (χ1) is 10.2. The summed E-state index contributed by atoms with van der Waals surface area (Å²) >= 11 is 0. The number of fused-ring (bicyclic) bond motifs is 1. The lowest BCUT2D eigenvalue weighted by molar-refractivity contribution is 0.251. The molecule has 21 heavy (non-hydrogen) atoms. The van der Waals surface area contributed by atoms with Gasteiger partial charge in [-0.05, 0) is 30.7 Å². The van der Waals surface area contributed by atoms with Gasteiger partial charge in [-0.25, -0.2) is 4.79 Å². The van der Waals surface area contributed by atoms with Crippen LogP contribution in [-0.4, -0.2) is 22.9 Å². The van der Waals surface area contributed by atoms with Crippen molar-refractivity contribution in [2.45, 2.75) is 6.92 Å². The largest absolute Gasteiger partial charge is 0.495 e. The Morgan fingerprint density at radius 2 is 2.05 bits per heavy atom. The monoisotopic (exact) mass is 281 g/mol. The number of methoxy groups -OCH3 is 1. The molecule has 1 aromatic heterocycles. The molecule has 0 aliphatic carbocycles. The summed E-state index contributed by atoms with van der Waals surface area (Å²) in [5.41, 5.74) is 2.43. The summed E-state index contributed by atoms with van der Waals surface area (Å²) in [6.45, 7) is 1.96. The molecule has 5 heteroatoms. The van der Waals surface area contributed by atoms with Gasteiger partial charge in [0.15, 0.2) is 0 Å². The molecule has 2 aromatic carbocycles. The van der Waals surface area contributed by atoms with Crippen LogP contribution >= 0.6 is 0 Å². The van der Waals surface area contributed by atoms with E-state index in [2.05, 4.69) is 10.4 Å². The van der Waals surface area contributed by atoms with Crippen LogP contribution in [0.25, 0.3) is 10.9 Å². The van der Waals surface area contributed by atoms with Gasteiger partial charge >= 0.3 is 6.03 Å². The Hall–Kier alpha value is -2.82. The molecule has 0 radical (unpaired) electrons. The molecule has 0 saturated carbocycles. The minimum atomic E-state index is -0.319. The van der Waals surface area contributed by atoms with Crippen LogP contribution in [0.3, 0.4) is 0 Å². The summed E-state index contributed by atoms with van der Waals surface area (Å²) in [6.07, 6.45) is 1.67. The molecule has 1 amide bonds. The topological polar surface area (TPSA) is 56.1 Å². The van der Waals surface area contributed by atoms with Crippen molar-refractivity contribution in [3.8, 4) is 5.75 Å². The highest BCUT2D eigenvalue weighted by Gasteiger charge is 2.12. The normalized spacial score (nSPS) is 10.6. The zero-order valence-electron chi connectivity index (χ0n) is 11.8. The van der Waals surface area contributed by atoms with Crippen LogP contribution in [0.1, 0.15) is 5.56 Å². The molecule has 106 valence electrons. The van der Waals surface area contributed by atoms with Crippen molar-refractivity contribution in [2.24, 2.45) is 0 Å². The first-order valence-corrected chi connectivity index (χ1v) is 6.58. The second-order valence-corrected chi connectivity index (χ2v) is 4.75. The number of aryl methyl sites for hydroxylation is 1. The number of carbonyl (C=O) groups excluding carboxylic acids is 1. The van der Waals surface area contributed by atoms with E-state index in [-0.39, 0.29) is 6.03 Å². The number of amides is 1. The van der Waals surface area contributed by atoms with E-state index < -0.39 is 0 Å². The predicted molar refractivity (Wildman–Crippen MR) is 81.9 cm³/mol. The van der Waals surface area contributed by atoms with Crippen LogP contribution in [-0.2, 0) is 0 Å². The maximum atomic E-state index is 12.4. The summed E-state index contributed by atoms with van der Waals surface area (Å²) in [5.74, 6) is 0.616. The summed E-state index contributed by atoms with van der Waals surface area (Å²) in [4.78, 5) is 12.4. The molecule has 5 nitrogen and oxygen atoms in total. The van der Waals surface area contributed by atoms with Crippen molar-refractivity contribution in [3.63, 3.8) is 0 Å². The lowest BCUT2D eigenvalue weighted by Gasteiger charge is -2.11. The molecule has 0 saturated heterocycles. The SMILES string of the molecule is COc1ccc(C)cc1NC(=O)n1ncc2ccccc21. The Morgan fingerprint density at radius 3 is 2.86 bits per heavy atom. The number of nitrogens with one attached hydrogen (secondary N) is 1. The second kappa shape index (κ2) is 5.28. The Bertz CT molecular complexity index is 808.